The van der Waals surface area contributed by atoms with Crippen LogP contribution in [0.1, 0.15) is 5.82 Å². The summed E-state index contributed by atoms with van der Waals surface area (Å²) in [5.74, 6) is 2.05. The van der Waals surface area contributed by atoms with E-state index in [9.17, 15) is 4.79 Å². The van der Waals surface area contributed by atoms with E-state index in [1.165, 1.54) is 11.8 Å². The van der Waals surface area contributed by atoms with E-state index in [1.54, 1.807) is 24.8 Å². The highest BCUT2D eigenvalue weighted by atomic mass is 32.2. The van der Waals surface area contributed by atoms with Gasteiger partial charge in [-0.25, -0.2) is 9.97 Å². The first-order chi connectivity index (χ1) is 12.2. The quantitative estimate of drug-likeness (QED) is 0.571. The van der Waals surface area contributed by atoms with Crippen LogP contribution in [0.25, 0.3) is 21.9 Å². The van der Waals surface area contributed by atoms with Crippen LogP contribution in [0.4, 0.5) is 0 Å². The maximum atomic E-state index is 12.4. The number of nitrogens with zero attached hydrogens (tertiary/aromatic N) is 3. The molecule has 0 spiro atoms. The van der Waals surface area contributed by atoms with Crippen molar-refractivity contribution in [2.75, 3.05) is 7.11 Å². The second-order valence-electron chi connectivity index (χ2n) is 5.62. The molecule has 126 valence electrons. The lowest BCUT2D eigenvalue weighted by Gasteiger charge is -2.08. The number of H-pyrrole nitrogens is 1. The van der Waals surface area contributed by atoms with Gasteiger partial charge in [-0.15, -0.1) is 0 Å². The van der Waals surface area contributed by atoms with Gasteiger partial charge in [-0.05, 0) is 24.3 Å². The number of rotatable bonds is 4. The van der Waals surface area contributed by atoms with Gasteiger partial charge >= 0.3 is 0 Å². The van der Waals surface area contributed by atoms with Crippen LogP contribution in [0.5, 0.6) is 5.75 Å². The third-order valence-electron chi connectivity index (χ3n) is 4.08. The summed E-state index contributed by atoms with van der Waals surface area (Å²) in [6, 6.07) is 13.1. The van der Waals surface area contributed by atoms with Crippen molar-refractivity contribution in [1.82, 2.24) is 19.5 Å². The first-order valence-electron chi connectivity index (χ1n) is 7.77. The van der Waals surface area contributed by atoms with Crippen LogP contribution < -0.4 is 10.3 Å². The number of fused-ring (bicyclic) bond motifs is 2. The van der Waals surface area contributed by atoms with Crippen LogP contribution in [0, 0.1) is 0 Å². The van der Waals surface area contributed by atoms with E-state index >= 15 is 0 Å². The van der Waals surface area contributed by atoms with Gasteiger partial charge in [0.2, 0.25) is 0 Å². The lowest BCUT2D eigenvalue weighted by molar-refractivity contribution is 0.415. The minimum Gasteiger partial charge on any atom is -0.497 e. The van der Waals surface area contributed by atoms with Gasteiger partial charge in [-0.2, -0.15) is 0 Å². The molecule has 0 radical (unpaired) electrons. The van der Waals surface area contributed by atoms with Gasteiger partial charge in [-0.1, -0.05) is 23.9 Å². The average Bonchev–Trinajstić information content (AvgIpc) is 3.05. The van der Waals surface area contributed by atoms with Crippen molar-refractivity contribution in [2.24, 2.45) is 7.05 Å². The Balaban J connectivity index is 1.64. The number of methoxy groups -OCH3 is 1. The lowest BCUT2D eigenvalue weighted by Crippen LogP contribution is -2.21. The highest BCUT2D eigenvalue weighted by molar-refractivity contribution is 7.98. The second kappa shape index (κ2) is 6.25. The summed E-state index contributed by atoms with van der Waals surface area (Å²) in [5, 5.41) is 1.42. The number of hydrogen-bond donors (Lipinski definition) is 1. The van der Waals surface area contributed by atoms with Crippen LogP contribution in [0.15, 0.2) is 52.4 Å². The smallest absolute Gasteiger partial charge is 0.261 e. The molecule has 0 bridgehead atoms. The van der Waals surface area contributed by atoms with Crippen molar-refractivity contribution in [2.45, 2.75) is 10.9 Å². The molecule has 7 heteroatoms. The van der Waals surface area contributed by atoms with Gasteiger partial charge in [0.15, 0.2) is 5.16 Å². The molecule has 2 aromatic carbocycles. The Kier molecular flexibility index (Phi) is 3.93. The Morgan fingerprint density at radius 3 is 2.84 bits per heavy atom. The van der Waals surface area contributed by atoms with Crippen LogP contribution in [0.2, 0.25) is 0 Å². The Morgan fingerprint density at radius 2 is 2.00 bits per heavy atom. The van der Waals surface area contributed by atoms with Crippen molar-refractivity contribution >= 4 is 33.7 Å². The van der Waals surface area contributed by atoms with Crippen LogP contribution >= 0.6 is 11.8 Å². The number of aromatic amines is 1. The molecule has 0 saturated carbocycles. The molecule has 1 N–H and O–H groups in total. The second-order valence-corrected chi connectivity index (χ2v) is 6.59. The Hall–Kier alpha value is -2.80. The minimum absolute atomic E-state index is 0.0319. The predicted octanol–water partition coefficient (Wildman–Crippen LogP) is 3.11. The molecular formula is C18H16N4O2S. The molecule has 0 unspecified atom stereocenters. The van der Waals surface area contributed by atoms with Crippen molar-refractivity contribution in [1.29, 1.82) is 0 Å². The molecule has 6 nitrogen and oxygen atoms in total. The zero-order valence-electron chi connectivity index (χ0n) is 13.8. The first-order valence-corrected chi connectivity index (χ1v) is 8.75. The van der Waals surface area contributed by atoms with Gasteiger partial charge in [0, 0.05) is 13.1 Å². The molecule has 4 aromatic rings. The molecule has 0 atom stereocenters. The van der Waals surface area contributed by atoms with Crippen LogP contribution in [-0.2, 0) is 12.8 Å². The number of para-hydroxylation sites is 1. The summed E-state index contributed by atoms with van der Waals surface area (Å²) < 4.78 is 6.83. The number of ether oxygens (including phenoxy) is 1. The van der Waals surface area contributed by atoms with E-state index in [2.05, 4.69) is 15.0 Å². The molecule has 2 heterocycles. The SMILES string of the molecule is COc1ccc2nc(SCc3nc4ccccc4c(=O)n3C)[nH]c2c1. The lowest BCUT2D eigenvalue weighted by atomic mass is 10.2. The van der Waals surface area contributed by atoms with Gasteiger partial charge < -0.3 is 9.72 Å². The normalized spacial score (nSPS) is 11.3. The fraction of sp³-hybridized carbons (Fsp3) is 0.167. The number of thioether (sulfide) groups is 1. The highest BCUT2D eigenvalue weighted by Gasteiger charge is 2.10. The third kappa shape index (κ3) is 2.87. The predicted molar refractivity (Wildman–Crippen MR) is 99.2 cm³/mol. The molecule has 25 heavy (non-hydrogen) atoms. The highest BCUT2D eigenvalue weighted by Crippen LogP contribution is 2.25. The van der Waals surface area contributed by atoms with Gasteiger partial charge in [0.25, 0.3) is 5.56 Å². The van der Waals surface area contributed by atoms with E-state index in [1.807, 2.05) is 36.4 Å². The molecule has 0 fully saturated rings. The van der Waals surface area contributed by atoms with Crippen molar-refractivity contribution in [3.8, 4) is 5.75 Å². The van der Waals surface area contributed by atoms with Crippen LogP contribution in [0.3, 0.4) is 0 Å². The van der Waals surface area contributed by atoms with Gasteiger partial charge in [0.05, 0.1) is 34.8 Å². The minimum atomic E-state index is -0.0319. The Morgan fingerprint density at radius 1 is 1.16 bits per heavy atom. The standard InChI is InChI=1S/C18H16N4O2S/c1-22-16(19-13-6-4-3-5-12(13)17(22)23)10-25-18-20-14-8-7-11(24-2)9-15(14)21-18/h3-9H,10H2,1-2H3,(H,20,21). The Bertz CT molecular complexity index is 1130. The summed E-state index contributed by atoms with van der Waals surface area (Å²) >= 11 is 1.51. The summed E-state index contributed by atoms with van der Waals surface area (Å²) in [6.07, 6.45) is 0. The number of imidazole rings is 1. The molecule has 0 aliphatic rings. The fourth-order valence-corrected chi connectivity index (χ4v) is 3.56. The first kappa shape index (κ1) is 15.7. The van der Waals surface area contributed by atoms with Crippen LogP contribution in [-0.4, -0.2) is 26.6 Å². The molecule has 0 saturated heterocycles. The summed E-state index contributed by atoms with van der Waals surface area (Å²) in [6.45, 7) is 0. The molecule has 0 aliphatic carbocycles. The zero-order valence-corrected chi connectivity index (χ0v) is 14.6. The van der Waals surface area contributed by atoms with E-state index in [-0.39, 0.29) is 5.56 Å². The van der Waals surface area contributed by atoms with Gasteiger partial charge in [0.1, 0.15) is 11.6 Å². The van der Waals surface area contributed by atoms with E-state index in [0.29, 0.717) is 17.0 Å². The number of hydrogen-bond acceptors (Lipinski definition) is 5. The molecule has 0 amide bonds. The third-order valence-corrected chi connectivity index (χ3v) is 4.95. The summed E-state index contributed by atoms with van der Waals surface area (Å²) in [7, 11) is 3.39. The zero-order chi connectivity index (χ0) is 17.4. The number of nitrogens with one attached hydrogen (secondary N) is 1. The van der Waals surface area contributed by atoms with E-state index in [4.69, 9.17) is 4.74 Å². The van der Waals surface area contributed by atoms with Crippen molar-refractivity contribution in [3.63, 3.8) is 0 Å². The Labute approximate surface area is 147 Å². The monoisotopic (exact) mass is 352 g/mol. The largest absolute Gasteiger partial charge is 0.497 e. The molecular weight excluding hydrogens is 336 g/mol. The average molecular weight is 352 g/mol. The summed E-state index contributed by atoms with van der Waals surface area (Å²) in [4.78, 5) is 24.9. The van der Waals surface area contributed by atoms with Crippen molar-refractivity contribution in [3.05, 3.63) is 58.6 Å². The van der Waals surface area contributed by atoms with E-state index in [0.717, 1.165) is 27.5 Å². The summed E-state index contributed by atoms with van der Waals surface area (Å²) in [5.41, 5.74) is 2.48. The number of aromatic nitrogens is 4. The fourth-order valence-electron chi connectivity index (χ4n) is 2.69. The number of benzene rings is 2. The van der Waals surface area contributed by atoms with Crippen molar-refractivity contribution < 1.29 is 4.74 Å². The van der Waals surface area contributed by atoms with E-state index < -0.39 is 0 Å². The molecule has 0 aliphatic heterocycles. The van der Waals surface area contributed by atoms with Gasteiger partial charge in [-0.3, -0.25) is 9.36 Å². The molecule has 4 rings (SSSR count). The molecule has 2 aromatic heterocycles. The maximum absolute atomic E-state index is 12.4. The topological polar surface area (TPSA) is 72.8 Å². The maximum Gasteiger partial charge on any atom is 0.261 e.